The number of carbonyl (C=O) groups excluding carboxylic acids is 1. The zero-order chi connectivity index (χ0) is 11.8. The Kier molecular flexibility index (Phi) is 8.66. The molecule has 0 radical (unpaired) electrons. The van der Waals surface area contributed by atoms with Crippen molar-refractivity contribution in [3.8, 4) is 0 Å². The molecule has 0 N–H and O–H groups in total. The molecule has 0 aromatic heterocycles. The van der Waals surface area contributed by atoms with Gasteiger partial charge in [0.15, 0.2) is 5.78 Å². The quantitative estimate of drug-likeness (QED) is 0.527. The van der Waals surface area contributed by atoms with Gasteiger partial charge in [-0.1, -0.05) is 11.6 Å². The van der Waals surface area contributed by atoms with E-state index in [2.05, 4.69) is 22.0 Å². The number of thioether (sulfide) groups is 2. The van der Waals surface area contributed by atoms with Crippen LogP contribution in [0, 0.1) is 0 Å². The first-order valence-electron chi connectivity index (χ1n) is 4.67. The molecule has 0 aliphatic rings. The number of hydrogen-bond acceptors (Lipinski definition) is 3. The largest absolute Gasteiger partial charge is 0.294 e. The first-order chi connectivity index (χ1) is 7.02. The van der Waals surface area contributed by atoms with Crippen molar-refractivity contribution in [3.05, 3.63) is 20.4 Å². The van der Waals surface area contributed by atoms with Crippen LogP contribution in [0.3, 0.4) is 0 Å². The van der Waals surface area contributed by atoms with Gasteiger partial charge in [0.2, 0.25) is 0 Å². The number of hydrogen-bond donors (Lipinski definition) is 0. The van der Waals surface area contributed by atoms with Gasteiger partial charge in [-0.05, 0) is 48.7 Å². The predicted octanol–water partition coefficient (Wildman–Crippen LogP) is 4.59. The molecule has 0 saturated carbocycles. The average Bonchev–Trinajstić information content (AvgIpc) is 2.18. The monoisotopic (exact) mass is 308 g/mol. The predicted molar refractivity (Wildman–Crippen MR) is 76.7 cm³/mol. The van der Waals surface area contributed by atoms with Gasteiger partial charge >= 0.3 is 0 Å². The average molecular weight is 309 g/mol. The van der Waals surface area contributed by atoms with E-state index in [4.69, 9.17) is 0 Å². The van der Waals surface area contributed by atoms with E-state index in [0.29, 0.717) is 6.42 Å². The van der Waals surface area contributed by atoms with E-state index >= 15 is 0 Å². The van der Waals surface area contributed by atoms with Crippen molar-refractivity contribution < 1.29 is 4.79 Å². The molecule has 0 fully saturated rings. The first-order valence-corrected chi connectivity index (χ1v) is 7.91. The molecule has 0 aromatic carbocycles. The van der Waals surface area contributed by atoms with Crippen LogP contribution in [0.25, 0.3) is 0 Å². The van der Waals surface area contributed by atoms with Crippen LogP contribution in [0.15, 0.2) is 20.4 Å². The molecular weight excluding hydrogens is 292 g/mol. The summed E-state index contributed by atoms with van der Waals surface area (Å²) in [5, 5.41) is 0. The lowest BCUT2D eigenvalue weighted by Gasteiger charge is -2.03. The Morgan fingerprint density at radius 2 is 1.80 bits per heavy atom. The maximum Gasteiger partial charge on any atom is 0.171 e. The molecule has 0 aromatic rings. The van der Waals surface area contributed by atoms with Gasteiger partial charge in [-0.25, -0.2) is 0 Å². The van der Waals surface area contributed by atoms with Crippen molar-refractivity contribution in [1.29, 1.82) is 0 Å². The Morgan fingerprint density at radius 3 is 2.20 bits per heavy atom. The second-order valence-electron chi connectivity index (χ2n) is 3.25. The minimum absolute atomic E-state index is 0.186. The SMILES string of the molecule is CSC(SC)=C(Br)C(=O)CCC=C(C)C. The van der Waals surface area contributed by atoms with Crippen LogP contribution < -0.4 is 0 Å². The highest BCUT2D eigenvalue weighted by molar-refractivity contribution is 9.12. The van der Waals surface area contributed by atoms with E-state index in [9.17, 15) is 4.79 Å². The molecule has 15 heavy (non-hydrogen) atoms. The molecule has 4 heteroatoms. The normalized spacial score (nSPS) is 9.67. The number of ketones is 1. The summed E-state index contributed by atoms with van der Waals surface area (Å²) in [4.78, 5) is 11.7. The highest BCUT2D eigenvalue weighted by Crippen LogP contribution is 2.31. The molecule has 0 atom stereocenters. The summed E-state index contributed by atoms with van der Waals surface area (Å²) in [6, 6.07) is 0. The fourth-order valence-corrected chi connectivity index (χ4v) is 3.40. The Labute approximate surface area is 109 Å². The summed E-state index contributed by atoms with van der Waals surface area (Å²) < 4.78 is 1.78. The summed E-state index contributed by atoms with van der Waals surface area (Å²) in [6.45, 7) is 4.09. The molecular formula is C11H17BrOS2. The molecule has 0 rings (SSSR count). The third-order valence-corrected chi connectivity index (χ3v) is 5.23. The molecule has 0 aliphatic carbocycles. The van der Waals surface area contributed by atoms with Gasteiger partial charge in [0, 0.05) is 6.42 Å². The minimum Gasteiger partial charge on any atom is -0.294 e. The second kappa shape index (κ2) is 8.48. The summed E-state index contributed by atoms with van der Waals surface area (Å²) in [6.07, 6.45) is 7.46. The van der Waals surface area contributed by atoms with E-state index in [0.717, 1.165) is 15.1 Å². The molecule has 0 saturated heterocycles. The first kappa shape index (κ1) is 15.3. The van der Waals surface area contributed by atoms with Crippen molar-refractivity contribution in [1.82, 2.24) is 0 Å². The number of halogens is 1. The van der Waals surface area contributed by atoms with E-state index in [1.807, 2.05) is 26.4 Å². The third kappa shape index (κ3) is 6.48. The molecule has 86 valence electrons. The molecule has 0 aliphatic heterocycles. The van der Waals surface area contributed by atoms with Crippen molar-refractivity contribution in [3.63, 3.8) is 0 Å². The highest BCUT2D eigenvalue weighted by Gasteiger charge is 2.10. The fourth-order valence-electron chi connectivity index (χ4n) is 0.978. The topological polar surface area (TPSA) is 17.1 Å². The van der Waals surface area contributed by atoms with E-state index in [1.54, 1.807) is 23.5 Å². The molecule has 0 bridgehead atoms. The Hall–Kier alpha value is 0.330. The lowest BCUT2D eigenvalue weighted by Crippen LogP contribution is -1.98. The zero-order valence-electron chi connectivity index (χ0n) is 9.59. The van der Waals surface area contributed by atoms with Gasteiger partial charge in [-0.2, -0.15) is 0 Å². The van der Waals surface area contributed by atoms with Crippen molar-refractivity contribution >= 4 is 45.2 Å². The smallest absolute Gasteiger partial charge is 0.171 e. The summed E-state index contributed by atoms with van der Waals surface area (Å²) in [7, 11) is 0. The van der Waals surface area contributed by atoms with E-state index in [-0.39, 0.29) is 5.78 Å². The number of Topliss-reactive ketones (excluding diaryl/α,β-unsaturated/α-hetero) is 1. The minimum atomic E-state index is 0.186. The van der Waals surface area contributed by atoms with Crippen LogP contribution in [0.2, 0.25) is 0 Å². The number of rotatable bonds is 6. The van der Waals surface area contributed by atoms with Gasteiger partial charge < -0.3 is 0 Å². The molecule has 0 heterocycles. The summed E-state index contributed by atoms with van der Waals surface area (Å²) >= 11 is 6.58. The lowest BCUT2D eigenvalue weighted by atomic mass is 10.2. The summed E-state index contributed by atoms with van der Waals surface area (Å²) in [5.74, 6) is 0.186. The van der Waals surface area contributed by atoms with Gasteiger partial charge in [-0.3, -0.25) is 4.79 Å². The van der Waals surface area contributed by atoms with E-state index < -0.39 is 0 Å². The Morgan fingerprint density at radius 1 is 1.27 bits per heavy atom. The van der Waals surface area contributed by atoms with Crippen LogP contribution in [0.4, 0.5) is 0 Å². The Bertz CT molecular complexity index is 272. The molecule has 0 amide bonds. The van der Waals surface area contributed by atoms with Crippen LogP contribution in [-0.4, -0.2) is 18.3 Å². The molecule has 1 nitrogen and oxygen atoms in total. The fraction of sp³-hybridized carbons (Fsp3) is 0.545. The van der Waals surface area contributed by atoms with Gasteiger partial charge in [0.1, 0.15) is 0 Å². The van der Waals surface area contributed by atoms with Gasteiger partial charge in [-0.15, -0.1) is 23.5 Å². The maximum atomic E-state index is 11.7. The zero-order valence-corrected chi connectivity index (χ0v) is 12.8. The van der Waals surface area contributed by atoms with Gasteiger partial charge in [0.05, 0.1) is 8.72 Å². The van der Waals surface area contributed by atoms with Crippen LogP contribution >= 0.6 is 39.5 Å². The third-order valence-electron chi connectivity index (χ3n) is 1.72. The maximum absolute atomic E-state index is 11.7. The van der Waals surface area contributed by atoms with Crippen molar-refractivity contribution in [2.45, 2.75) is 26.7 Å². The van der Waals surface area contributed by atoms with Crippen molar-refractivity contribution in [2.24, 2.45) is 0 Å². The molecule has 0 spiro atoms. The van der Waals surface area contributed by atoms with E-state index in [1.165, 1.54) is 5.57 Å². The second-order valence-corrected chi connectivity index (χ2v) is 5.94. The van der Waals surface area contributed by atoms with Crippen LogP contribution in [0.1, 0.15) is 26.7 Å². The van der Waals surface area contributed by atoms with Gasteiger partial charge in [0.25, 0.3) is 0 Å². The van der Waals surface area contributed by atoms with Crippen LogP contribution in [-0.2, 0) is 4.79 Å². The Balaban J connectivity index is 4.33. The highest BCUT2D eigenvalue weighted by atomic mass is 79.9. The van der Waals surface area contributed by atoms with Crippen LogP contribution in [0.5, 0.6) is 0 Å². The number of carbonyl (C=O) groups is 1. The standard InChI is InChI=1S/C11H17BrOS2/c1-8(2)6-5-7-9(13)10(12)11(14-3)15-4/h6H,5,7H2,1-4H3. The van der Waals surface area contributed by atoms with Crippen molar-refractivity contribution in [2.75, 3.05) is 12.5 Å². The molecule has 0 unspecified atom stereocenters. The lowest BCUT2D eigenvalue weighted by molar-refractivity contribution is -0.114. The number of allylic oxidation sites excluding steroid dienone is 3. The summed E-state index contributed by atoms with van der Waals surface area (Å²) in [5.41, 5.74) is 1.26.